The molecule has 1 aromatic rings. The van der Waals surface area contributed by atoms with Crippen LogP contribution in [0.25, 0.3) is 0 Å². The Morgan fingerprint density at radius 1 is 1.30 bits per heavy atom. The van der Waals surface area contributed by atoms with Gasteiger partial charge in [0.25, 0.3) is 0 Å². The Hall–Kier alpha value is -1.59. The van der Waals surface area contributed by atoms with Gasteiger partial charge in [-0.2, -0.15) is 0 Å². The average Bonchev–Trinajstić information content (AvgIpc) is 2.31. The summed E-state index contributed by atoms with van der Waals surface area (Å²) in [6, 6.07) is 4.32. The predicted molar refractivity (Wildman–Crippen MR) is 81.8 cm³/mol. The van der Waals surface area contributed by atoms with Gasteiger partial charge in [-0.05, 0) is 30.5 Å². The smallest absolute Gasteiger partial charge is 0.241 e. The van der Waals surface area contributed by atoms with Crippen LogP contribution in [-0.4, -0.2) is 17.9 Å². The first-order valence-electron chi connectivity index (χ1n) is 6.43. The summed E-state index contributed by atoms with van der Waals surface area (Å²) in [5.41, 5.74) is 6.85. The van der Waals surface area contributed by atoms with Crippen molar-refractivity contribution in [1.29, 1.82) is 0 Å². The zero-order chi connectivity index (χ0) is 15.3. The molecule has 1 rings (SSSR count). The van der Waals surface area contributed by atoms with Gasteiger partial charge in [0, 0.05) is 12.6 Å². The number of anilines is 2. The average molecular weight is 298 g/mol. The van der Waals surface area contributed by atoms with Crippen molar-refractivity contribution in [2.75, 3.05) is 10.6 Å². The van der Waals surface area contributed by atoms with Crippen LogP contribution < -0.4 is 16.4 Å². The highest BCUT2D eigenvalue weighted by Crippen LogP contribution is 2.25. The maximum Gasteiger partial charge on any atom is 0.241 e. The Morgan fingerprint density at radius 2 is 1.95 bits per heavy atom. The molecule has 0 aliphatic carbocycles. The molecule has 6 heteroatoms. The lowest BCUT2D eigenvalue weighted by molar-refractivity contribution is -0.117. The Labute approximate surface area is 123 Å². The number of amides is 2. The van der Waals surface area contributed by atoms with Gasteiger partial charge >= 0.3 is 0 Å². The number of hydrogen-bond donors (Lipinski definition) is 3. The van der Waals surface area contributed by atoms with Crippen LogP contribution in [-0.2, 0) is 9.59 Å². The summed E-state index contributed by atoms with van der Waals surface area (Å²) in [7, 11) is 0. The van der Waals surface area contributed by atoms with E-state index in [0.717, 1.165) is 0 Å². The second-order valence-electron chi connectivity index (χ2n) is 5.10. The van der Waals surface area contributed by atoms with Gasteiger partial charge in [-0.3, -0.25) is 9.59 Å². The quantitative estimate of drug-likeness (QED) is 0.781. The summed E-state index contributed by atoms with van der Waals surface area (Å²) in [6.07, 6.45) is 0.615. The molecule has 0 unspecified atom stereocenters. The second-order valence-corrected chi connectivity index (χ2v) is 5.51. The maximum absolute atomic E-state index is 11.9. The summed E-state index contributed by atoms with van der Waals surface area (Å²) in [5.74, 6) is -0.105. The molecule has 0 saturated carbocycles. The standard InChI is InChI=1S/C14H20ClN3O2/c1-8(2)6-12(16)14(20)18-10-4-5-13(11(15)7-10)17-9(3)19/h4-5,7-8,12H,6,16H2,1-3H3,(H,17,19)(H,18,20)/t12-/m0/s1. The first-order chi connectivity index (χ1) is 9.29. The van der Waals surface area contributed by atoms with E-state index in [2.05, 4.69) is 10.6 Å². The van der Waals surface area contributed by atoms with E-state index in [-0.39, 0.29) is 11.8 Å². The molecule has 0 saturated heterocycles. The van der Waals surface area contributed by atoms with Crippen molar-refractivity contribution in [2.24, 2.45) is 11.7 Å². The molecule has 1 aromatic carbocycles. The zero-order valence-corrected chi connectivity index (χ0v) is 12.6. The molecule has 0 aliphatic rings. The lowest BCUT2D eigenvalue weighted by Gasteiger charge is -2.15. The van der Waals surface area contributed by atoms with E-state index < -0.39 is 6.04 Å². The van der Waals surface area contributed by atoms with Gasteiger partial charge in [0.15, 0.2) is 0 Å². The van der Waals surface area contributed by atoms with Crippen molar-refractivity contribution in [3.05, 3.63) is 23.2 Å². The SMILES string of the molecule is CC(=O)Nc1ccc(NC(=O)[C@@H](N)CC(C)C)cc1Cl. The minimum atomic E-state index is -0.552. The van der Waals surface area contributed by atoms with Crippen molar-refractivity contribution >= 4 is 34.8 Å². The van der Waals surface area contributed by atoms with E-state index in [0.29, 0.717) is 28.7 Å². The van der Waals surface area contributed by atoms with Crippen molar-refractivity contribution < 1.29 is 9.59 Å². The Balaban J connectivity index is 2.71. The van der Waals surface area contributed by atoms with Crippen LogP contribution in [0.3, 0.4) is 0 Å². The van der Waals surface area contributed by atoms with E-state index >= 15 is 0 Å². The fourth-order valence-electron chi connectivity index (χ4n) is 1.73. The van der Waals surface area contributed by atoms with Crippen LogP contribution in [0.15, 0.2) is 18.2 Å². The number of hydrogen-bond acceptors (Lipinski definition) is 3. The van der Waals surface area contributed by atoms with Gasteiger partial charge in [0.05, 0.1) is 16.8 Å². The highest BCUT2D eigenvalue weighted by Gasteiger charge is 2.15. The molecule has 0 bridgehead atoms. The number of rotatable bonds is 5. The molecule has 20 heavy (non-hydrogen) atoms. The number of halogens is 1. The molecule has 0 aliphatic heterocycles. The molecule has 0 aromatic heterocycles. The number of nitrogens with two attached hydrogens (primary N) is 1. The summed E-state index contributed by atoms with van der Waals surface area (Å²) in [6.45, 7) is 5.41. The fraction of sp³-hybridized carbons (Fsp3) is 0.429. The third-order valence-corrected chi connectivity index (χ3v) is 2.92. The first kappa shape index (κ1) is 16.5. The molecule has 5 nitrogen and oxygen atoms in total. The summed E-state index contributed by atoms with van der Waals surface area (Å²) >= 11 is 6.02. The van der Waals surface area contributed by atoms with E-state index in [4.69, 9.17) is 17.3 Å². The second kappa shape index (κ2) is 7.26. The molecule has 110 valence electrons. The number of benzene rings is 1. The van der Waals surface area contributed by atoms with E-state index in [9.17, 15) is 9.59 Å². The van der Waals surface area contributed by atoms with Gasteiger partial charge in [0.1, 0.15) is 0 Å². The normalized spacial score (nSPS) is 12.1. The van der Waals surface area contributed by atoms with Crippen molar-refractivity contribution in [3.63, 3.8) is 0 Å². The van der Waals surface area contributed by atoms with Gasteiger partial charge < -0.3 is 16.4 Å². The van der Waals surface area contributed by atoms with Crippen molar-refractivity contribution in [3.8, 4) is 0 Å². The van der Waals surface area contributed by atoms with Gasteiger partial charge in [-0.25, -0.2) is 0 Å². The largest absolute Gasteiger partial charge is 0.325 e. The molecule has 0 radical (unpaired) electrons. The lowest BCUT2D eigenvalue weighted by atomic mass is 10.0. The minimum Gasteiger partial charge on any atom is -0.325 e. The van der Waals surface area contributed by atoms with E-state index in [1.54, 1.807) is 18.2 Å². The van der Waals surface area contributed by atoms with Crippen LogP contribution in [0, 0.1) is 5.92 Å². The number of carbonyl (C=O) groups is 2. The number of nitrogens with one attached hydrogen (secondary N) is 2. The molecular formula is C14H20ClN3O2. The molecule has 0 fully saturated rings. The van der Waals surface area contributed by atoms with Gasteiger partial charge in [-0.1, -0.05) is 25.4 Å². The number of carbonyl (C=O) groups excluding carboxylic acids is 2. The molecular weight excluding hydrogens is 278 g/mol. The molecule has 2 amide bonds. The van der Waals surface area contributed by atoms with Gasteiger partial charge in [0.2, 0.25) is 11.8 Å². The van der Waals surface area contributed by atoms with E-state index in [1.807, 2.05) is 13.8 Å². The van der Waals surface area contributed by atoms with Crippen molar-refractivity contribution in [2.45, 2.75) is 33.2 Å². The highest BCUT2D eigenvalue weighted by atomic mass is 35.5. The Bertz CT molecular complexity index is 503. The maximum atomic E-state index is 11.9. The van der Waals surface area contributed by atoms with Gasteiger partial charge in [-0.15, -0.1) is 0 Å². The molecule has 1 atom stereocenters. The summed E-state index contributed by atoms with van der Waals surface area (Å²) in [5, 5.41) is 5.66. The van der Waals surface area contributed by atoms with Crippen LogP contribution >= 0.6 is 11.6 Å². The summed E-state index contributed by atoms with van der Waals surface area (Å²) in [4.78, 5) is 22.8. The van der Waals surface area contributed by atoms with Crippen LogP contribution in [0.2, 0.25) is 5.02 Å². The minimum absolute atomic E-state index is 0.206. The predicted octanol–water partition coefficient (Wildman–Crippen LogP) is 2.61. The third-order valence-electron chi connectivity index (χ3n) is 2.61. The van der Waals surface area contributed by atoms with Crippen molar-refractivity contribution in [1.82, 2.24) is 0 Å². The lowest BCUT2D eigenvalue weighted by Crippen LogP contribution is -2.36. The fourth-order valence-corrected chi connectivity index (χ4v) is 1.96. The Kier molecular flexibility index (Phi) is 5.98. The Morgan fingerprint density at radius 3 is 2.45 bits per heavy atom. The first-order valence-corrected chi connectivity index (χ1v) is 6.81. The molecule has 0 heterocycles. The van der Waals surface area contributed by atoms with Crippen LogP contribution in [0.5, 0.6) is 0 Å². The van der Waals surface area contributed by atoms with Crippen LogP contribution in [0.1, 0.15) is 27.2 Å². The molecule has 4 N–H and O–H groups in total. The monoisotopic (exact) mass is 297 g/mol. The topological polar surface area (TPSA) is 84.2 Å². The third kappa shape index (κ3) is 5.19. The highest BCUT2D eigenvalue weighted by molar-refractivity contribution is 6.34. The zero-order valence-electron chi connectivity index (χ0n) is 11.9. The van der Waals surface area contributed by atoms with Crippen LogP contribution in [0.4, 0.5) is 11.4 Å². The van der Waals surface area contributed by atoms with E-state index in [1.165, 1.54) is 6.92 Å². The summed E-state index contributed by atoms with van der Waals surface area (Å²) < 4.78 is 0. The molecule has 0 spiro atoms.